The van der Waals surface area contributed by atoms with Crippen LogP contribution in [0.5, 0.6) is 0 Å². The van der Waals surface area contributed by atoms with Gasteiger partial charge < -0.3 is 5.32 Å². The van der Waals surface area contributed by atoms with Crippen molar-refractivity contribution in [1.29, 1.82) is 0 Å². The Morgan fingerprint density at radius 2 is 1.30 bits per heavy atom. The van der Waals surface area contributed by atoms with Crippen LogP contribution in [0.2, 0.25) is 0 Å². The fraction of sp³-hybridized carbons (Fsp3) is 0. The number of hydrogen-bond donors (Lipinski definition) is 2. The molecule has 0 bridgehead atoms. The van der Waals surface area contributed by atoms with Crippen molar-refractivity contribution in [3.8, 4) is 0 Å². The molecule has 0 spiro atoms. The molecule has 2 N–H and O–H groups in total. The van der Waals surface area contributed by atoms with E-state index in [1.165, 1.54) is 6.21 Å². The number of allylic oxidation sites excluding steroid dienone is 1. The number of hydrogen-bond acceptors (Lipinski definition) is 3. The molecule has 0 radical (unpaired) electrons. The van der Waals surface area contributed by atoms with E-state index in [0.717, 1.165) is 11.1 Å². The lowest BCUT2D eigenvalue weighted by Crippen LogP contribution is -2.32. The van der Waals surface area contributed by atoms with Crippen molar-refractivity contribution in [3.63, 3.8) is 0 Å². The van der Waals surface area contributed by atoms with E-state index >= 15 is 0 Å². The minimum absolute atomic E-state index is 0.0965. The van der Waals surface area contributed by atoms with Crippen LogP contribution in [-0.2, 0) is 4.79 Å². The highest BCUT2D eigenvalue weighted by Crippen LogP contribution is 2.07. The molecule has 0 unspecified atom stereocenters. The smallest absolute Gasteiger partial charge is 0.287 e. The summed E-state index contributed by atoms with van der Waals surface area (Å²) in [4.78, 5) is 25.1. The molecule has 148 valence electrons. The zero-order chi connectivity index (χ0) is 21.0. The lowest BCUT2D eigenvalue weighted by molar-refractivity contribution is -0.117. The quantitative estimate of drug-likeness (QED) is 0.356. The van der Waals surface area contributed by atoms with E-state index in [2.05, 4.69) is 15.8 Å². The van der Waals surface area contributed by atoms with E-state index in [1.54, 1.807) is 36.4 Å². The average molecular weight is 395 g/mol. The second-order valence-electron chi connectivity index (χ2n) is 6.28. The second kappa shape index (κ2) is 10.9. The first-order valence-corrected chi connectivity index (χ1v) is 9.40. The van der Waals surface area contributed by atoms with Crippen LogP contribution >= 0.6 is 0 Å². The normalized spacial score (nSPS) is 11.5. The van der Waals surface area contributed by atoms with Crippen molar-refractivity contribution >= 4 is 30.2 Å². The van der Waals surface area contributed by atoms with Crippen molar-refractivity contribution < 1.29 is 9.59 Å². The topological polar surface area (TPSA) is 70.6 Å². The fourth-order valence-electron chi connectivity index (χ4n) is 2.58. The van der Waals surface area contributed by atoms with Gasteiger partial charge in [0.05, 0.1) is 0 Å². The van der Waals surface area contributed by atoms with Crippen LogP contribution in [0.3, 0.4) is 0 Å². The monoisotopic (exact) mass is 395 g/mol. The van der Waals surface area contributed by atoms with Gasteiger partial charge in [-0.15, -0.1) is 0 Å². The van der Waals surface area contributed by atoms with E-state index in [4.69, 9.17) is 0 Å². The first kappa shape index (κ1) is 20.5. The first-order valence-electron chi connectivity index (χ1n) is 9.40. The third-order valence-corrected chi connectivity index (χ3v) is 4.05. The van der Waals surface area contributed by atoms with Gasteiger partial charge in [0.1, 0.15) is 5.70 Å². The van der Waals surface area contributed by atoms with E-state index in [1.807, 2.05) is 72.8 Å². The molecule has 0 saturated carbocycles. The SMILES string of the molecule is O=C(N/N=C\C=C\c1ccccc1)/C(=C/c1ccccc1)NC(=O)c1ccccc1. The van der Waals surface area contributed by atoms with Gasteiger partial charge in [0.25, 0.3) is 11.8 Å². The van der Waals surface area contributed by atoms with Crippen molar-refractivity contribution in [2.45, 2.75) is 0 Å². The highest BCUT2D eigenvalue weighted by Gasteiger charge is 2.14. The second-order valence-corrected chi connectivity index (χ2v) is 6.28. The molecule has 3 rings (SSSR count). The summed E-state index contributed by atoms with van der Waals surface area (Å²) in [6.45, 7) is 0. The maximum absolute atomic E-state index is 12.6. The third kappa shape index (κ3) is 6.42. The number of amides is 2. The van der Waals surface area contributed by atoms with Gasteiger partial charge in [0.15, 0.2) is 0 Å². The van der Waals surface area contributed by atoms with Crippen molar-refractivity contribution in [2.75, 3.05) is 0 Å². The molecule has 0 aromatic heterocycles. The summed E-state index contributed by atoms with van der Waals surface area (Å²) in [7, 11) is 0. The molecule has 0 atom stereocenters. The van der Waals surface area contributed by atoms with Gasteiger partial charge in [0, 0.05) is 11.8 Å². The summed E-state index contributed by atoms with van der Waals surface area (Å²) >= 11 is 0. The van der Waals surface area contributed by atoms with Gasteiger partial charge in [-0.05, 0) is 35.4 Å². The summed E-state index contributed by atoms with van der Waals surface area (Å²) in [5.41, 5.74) is 4.80. The summed E-state index contributed by atoms with van der Waals surface area (Å²) in [6, 6.07) is 27.7. The molecule has 0 fully saturated rings. The van der Waals surface area contributed by atoms with Crippen LogP contribution in [0, 0.1) is 0 Å². The Morgan fingerprint density at radius 1 is 0.733 bits per heavy atom. The Hall–Kier alpha value is -4.25. The first-order chi connectivity index (χ1) is 14.7. The molecule has 0 aliphatic carbocycles. The van der Waals surface area contributed by atoms with Gasteiger partial charge >= 0.3 is 0 Å². The van der Waals surface area contributed by atoms with Gasteiger partial charge in [-0.1, -0.05) is 84.9 Å². The van der Waals surface area contributed by atoms with Crippen LogP contribution in [0.1, 0.15) is 21.5 Å². The van der Waals surface area contributed by atoms with Crippen LogP contribution in [0.4, 0.5) is 0 Å². The summed E-state index contributed by atoms with van der Waals surface area (Å²) in [6.07, 6.45) is 6.67. The van der Waals surface area contributed by atoms with Crippen LogP contribution < -0.4 is 10.7 Å². The zero-order valence-electron chi connectivity index (χ0n) is 16.2. The van der Waals surface area contributed by atoms with E-state index in [-0.39, 0.29) is 11.6 Å². The number of carbonyl (C=O) groups is 2. The van der Waals surface area contributed by atoms with Gasteiger partial charge in [0.2, 0.25) is 0 Å². The molecule has 3 aromatic rings. The molecule has 5 heteroatoms. The Kier molecular flexibility index (Phi) is 7.46. The van der Waals surface area contributed by atoms with Gasteiger partial charge in [-0.3, -0.25) is 9.59 Å². The number of hydrazone groups is 1. The molecule has 2 amide bonds. The number of rotatable bonds is 7. The highest BCUT2D eigenvalue weighted by atomic mass is 16.2. The van der Waals surface area contributed by atoms with E-state index < -0.39 is 5.91 Å². The number of benzene rings is 3. The van der Waals surface area contributed by atoms with Gasteiger partial charge in [-0.2, -0.15) is 5.10 Å². The Balaban J connectivity index is 1.70. The molecule has 3 aromatic carbocycles. The molecule has 5 nitrogen and oxygen atoms in total. The highest BCUT2D eigenvalue weighted by molar-refractivity contribution is 6.05. The Morgan fingerprint density at radius 3 is 1.93 bits per heavy atom. The molecule has 0 saturated heterocycles. The molecule has 0 aliphatic rings. The Labute approximate surface area is 175 Å². The van der Waals surface area contributed by atoms with Crippen LogP contribution in [-0.4, -0.2) is 18.0 Å². The minimum Gasteiger partial charge on any atom is -0.317 e. The largest absolute Gasteiger partial charge is 0.317 e. The maximum Gasteiger partial charge on any atom is 0.287 e. The predicted molar refractivity (Wildman–Crippen MR) is 120 cm³/mol. The fourth-order valence-corrected chi connectivity index (χ4v) is 2.58. The van der Waals surface area contributed by atoms with Gasteiger partial charge in [-0.25, -0.2) is 5.43 Å². The van der Waals surface area contributed by atoms with E-state index in [9.17, 15) is 9.59 Å². The average Bonchev–Trinajstić information content (AvgIpc) is 2.80. The number of carbonyl (C=O) groups excluding carboxylic acids is 2. The lowest BCUT2D eigenvalue weighted by Gasteiger charge is -2.09. The summed E-state index contributed by atoms with van der Waals surface area (Å²) in [5, 5.41) is 6.59. The third-order valence-electron chi connectivity index (χ3n) is 4.05. The zero-order valence-corrected chi connectivity index (χ0v) is 16.2. The summed E-state index contributed by atoms with van der Waals surface area (Å²) < 4.78 is 0. The molecular formula is C25H21N3O2. The lowest BCUT2D eigenvalue weighted by atomic mass is 10.1. The maximum atomic E-state index is 12.6. The minimum atomic E-state index is -0.521. The number of nitrogens with zero attached hydrogens (tertiary/aromatic N) is 1. The molecule has 0 heterocycles. The number of nitrogens with one attached hydrogen (secondary N) is 2. The summed E-state index contributed by atoms with van der Waals surface area (Å²) in [5.74, 6) is -0.895. The van der Waals surface area contributed by atoms with Crippen LogP contribution in [0.15, 0.2) is 108 Å². The molecule has 30 heavy (non-hydrogen) atoms. The van der Waals surface area contributed by atoms with Crippen molar-refractivity contribution in [2.24, 2.45) is 5.10 Å². The predicted octanol–water partition coefficient (Wildman–Crippen LogP) is 4.27. The van der Waals surface area contributed by atoms with Crippen LogP contribution in [0.25, 0.3) is 12.2 Å². The molecule has 0 aliphatic heterocycles. The standard InChI is InChI=1S/C25H21N3O2/c29-24(22-16-8-3-9-17-22)27-23(19-21-13-6-2-7-14-21)25(30)28-26-18-10-15-20-11-4-1-5-12-20/h1-19H,(H,27,29)(H,28,30)/b15-10+,23-19-,26-18-. The van der Waals surface area contributed by atoms with Crippen molar-refractivity contribution in [3.05, 3.63) is 119 Å². The molecular weight excluding hydrogens is 374 g/mol. The van der Waals surface area contributed by atoms with Crippen molar-refractivity contribution in [1.82, 2.24) is 10.7 Å². The Bertz CT molecular complexity index is 1060. The van der Waals surface area contributed by atoms with E-state index in [0.29, 0.717) is 5.56 Å².